The van der Waals surface area contributed by atoms with E-state index < -0.39 is 12.2 Å². The lowest BCUT2D eigenvalue weighted by molar-refractivity contribution is -0.130. The van der Waals surface area contributed by atoms with E-state index in [0.717, 1.165) is 12.8 Å². The van der Waals surface area contributed by atoms with E-state index in [9.17, 15) is 15.0 Å². The maximum absolute atomic E-state index is 11.8. The number of aryl methyl sites for hydroxylation is 1. The Hall–Kier alpha value is -1.39. The average molecular weight is 249 g/mol. The number of carbonyl (C=O) groups is 1. The minimum atomic E-state index is -0.789. The van der Waals surface area contributed by atoms with Crippen molar-refractivity contribution in [2.75, 3.05) is 13.1 Å². The Labute approximate surface area is 107 Å². The van der Waals surface area contributed by atoms with Crippen LogP contribution in [0.2, 0.25) is 0 Å². The molecule has 0 bridgehead atoms. The number of nitrogens with zero attached hydrogens (tertiary/aromatic N) is 1. The zero-order valence-corrected chi connectivity index (χ0v) is 10.3. The monoisotopic (exact) mass is 249 g/mol. The van der Waals surface area contributed by atoms with E-state index in [1.54, 1.807) is 4.90 Å². The molecule has 1 amide bonds. The third-order valence-electron chi connectivity index (χ3n) is 3.31. The molecule has 1 saturated heterocycles. The predicted molar refractivity (Wildman–Crippen MR) is 68.0 cm³/mol. The van der Waals surface area contributed by atoms with Crippen molar-refractivity contribution in [3.05, 3.63) is 35.9 Å². The summed E-state index contributed by atoms with van der Waals surface area (Å²) < 4.78 is 0. The first-order valence-electron chi connectivity index (χ1n) is 6.34. The number of benzene rings is 1. The van der Waals surface area contributed by atoms with Crippen molar-refractivity contribution >= 4 is 5.91 Å². The topological polar surface area (TPSA) is 60.8 Å². The molecule has 2 atom stereocenters. The highest BCUT2D eigenvalue weighted by Gasteiger charge is 2.31. The quantitative estimate of drug-likeness (QED) is 0.820. The van der Waals surface area contributed by atoms with Gasteiger partial charge in [0.2, 0.25) is 5.91 Å². The Morgan fingerprint density at radius 1 is 1.17 bits per heavy atom. The van der Waals surface area contributed by atoms with Gasteiger partial charge in [-0.1, -0.05) is 30.3 Å². The van der Waals surface area contributed by atoms with E-state index >= 15 is 0 Å². The molecule has 0 aliphatic carbocycles. The van der Waals surface area contributed by atoms with Gasteiger partial charge in [0.15, 0.2) is 0 Å². The number of amides is 1. The van der Waals surface area contributed by atoms with Crippen LogP contribution in [0.3, 0.4) is 0 Å². The van der Waals surface area contributed by atoms with Gasteiger partial charge >= 0.3 is 0 Å². The summed E-state index contributed by atoms with van der Waals surface area (Å²) in [5.74, 6) is 0.0153. The number of aliphatic hydroxyl groups is 2. The standard InChI is InChI=1S/C14H19NO3/c16-12-9-15(10-13(12)17)14(18)8-4-7-11-5-2-1-3-6-11/h1-3,5-6,12-13,16-17H,4,7-10H2/t12-,13+. The molecule has 1 aromatic rings. The maximum Gasteiger partial charge on any atom is 0.222 e. The van der Waals surface area contributed by atoms with Gasteiger partial charge in [-0.05, 0) is 18.4 Å². The van der Waals surface area contributed by atoms with Crippen molar-refractivity contribution in [1.82, 2.24) is 4.90 Å². The molecule has 0 radical (unpaired) electrons. The van der Waals surface area contributed by atoms with Crippen LogP contribution in [0.15, 0.2) is 30.3 Å². The molecule has 1 aliphatic rings. The fraction of sp³-hybridized carbons (Fsp3) is 0.500. The third-order valence-corrected chi connectivity index (χ3v) is 3.31. The van der Waals surface area contributed by atoms with E-state index in [4.69, 9.17) is 0 Å². The molecule has 0 saturated carbocycles. The second kappa shape index (κ2) is 5.98. The lowest BCUT2D eigenvalue weighted by Crippen LogP contribution is -2.29. The van der Waals surface area contributed by atoms with Crippen molar-refractivity contribution in [3.63, 3.8) is 0 Å². The molecule has 4 nitrogen and oxygen atoms in total. The van der Waals surface area contributed by atoms with Crippen LogP contribution in [0.25, 0.3) is 0 Å². The van der Waals surface area contributed by atoms with Gasteiger partial charge in [-0.15, -0.1) is 0 Å². The highest BCUT2D eigenvalue weighted by molar-refractivity contribution is 5.76. The number of hydrogen-bond donors (Lipinski definition) is 2. The normalized spacial score (nSPS) is 23.3. The molecule has 0 spiro atoms. The van der Waals surface area contributed by atoms with Gasteiger partial charge in [0.1, 0.15) is 0 Å². The smallest absolute Gasteiger partial charge is 0.222 e. The molecule has 1 fully saturated rings. The lowest BCUT2D eigenvalue weighted by atomic mass is 10.1. The summed E-state index contributed by atoms with van der Waals surface area (Å²) >= 11 is 0. The maximum atomic E-state index is 11.8. The Morgan fingerprint density at radius 2 is 1.78 bits per heavy atom. The summed E-state index contributed by atoms with van der Waals surface area (Å²) in [5, 5.41) is 18.8. The molecule has 98 valence electrons. The van der Waals surface area contributed by atoms with Crippen LogP contribution in [0.5, 0.6) is 0 Å². The zero-order chi connectivity index (χ0) is 13.0. The van der Waals surface area contributed by atoms with E-state index in [1.807, 2.05) is 30.3 Å². The van der Waals surface area contributed by atoms with Crippen LogP contribution in [0.4, 0.5) is 0 Å². The average Bonchev–Trinajstić information content (AvgIpc) is 2.71. The number of β-amino-alcohol motifs (C(OH)–C–C–N with tert-alkyl or cyclic N) is 2. The number of carbonyl (C=O) groups excluding carboxylic acids is 1. The SMILES string of the molecule is O=C(CCCc1ccccc1)N1C[C@@H](O)[C@@H](O)C1. The molecule has 1 aliphatic heterocycles. The summed E-state index contributed by atoms with van der Waals surface area (Å²) in [5.41, 5.74) is 1.23. The number of rotatable bonds is 4. The summed E-state index contributed by atoms with van der Waals surface area (Å²) in [6.07, 6.45) is 0.567. The van der Waals surface area contributed by atoms with Gasteiger partial charge in [0.05, 0.1) is 12.2 Å². The zero-order valence-electron chi connectivity index (χ0n) is 10.3. The molecule has 2 rings (SSSR count). The minimum Gasteiger partial charge on any atom is -0.388 e. The second-order valence-corrected chi connectivity index (χ2v) is 4.77. The van der Waals surface area contributed by atoms with Crippen LogP contribution in [0, 0.1) is 0 Å². The molecular formula is C14H19NO3. The first kappa shape index (κ1) is 13.1. The van der Waals surface area contributed by atoms with Crippen LogP contribution in [-0.4, -0.2) is 46.3 Å². The van der Waals surface area contributed by atoms with Gasteiger partial charge in [-0.2, -0.15) is 0 Å². The second-order valence-electron chi connectivity index (χ2n) is 4.77. The van der Waals surface area contributed by atoms with Crippen molar-refractivity contribution in [3.8, 4) is 0 Å². The number of likely N-dealkylation sites (tertiary alicyclic amines) is 1. The van der Waals surface area contributed by atoms with Crippen molar-refractivity contribution < 1.29 is 15.0 Å². The lowest BCUT2D eigenvalue weighted by Gasteiger charge is -2.15. The number of aliphatic hydroxyl groups excluding tert-OH is 2. The largest absolute Gasteiger partial charge is 0.388 e. The summed E-state index contributed by atoms with van der Waals surface area (Å²) in [6, 6.07) is 10.1. The highest BCUT2D eigenvalue weighted by atomic mass is 16.3. The van der Waals surface area contributed by atoms with Crippen LogP contribution >= 0.6 is 0 Å². The molecule has 1 heterocycles. The minimum absolute atomic E-state index is 0.0153. The Morgan fingerprint density at radius 3 is 2.39 bits per heavy atom. The van der Waals surface area contributed by atoms with Crippen molar-refractivity contribution in [2.24, 2.45) is 0 Å². The predicted octanol–water partition coefficient (Wildman–Crippen LogP) is 0.573. The summed E-state index contributed by atoms with van der Waals surface area (Å²) in [6.45, 7) is 0.511. The fourth-order valence-corrected chi connectivity index (χ4v) is 2.22. The van der Waals surface area contributed by atoms with Crippen molar-refractivity contribution in [2.45, 2.75) is 31.5 Å². The summed E-state index contributed by atoms with van der Waals surface area (Å²) in [4.78, 5) is 13.4. The van der Waals surface area contributed by atoms with E-state index in [2.05, 4.69) is 0 Å². The van der Waals surface area contributed by atoms with Gasteiger partial charge in [-0.3, -0.25) is 4.79 Å². The Bertz CT molecular complexity index is 383. The molecular weight excluding hydrogens is 230 g/mol. The third kappa shape index (κ3) is 3.31. The molecule has 4 heteroatoms. The highest BCUT2D eigenvalue weighted by Crippen LogP contribution is 2.13. The van der Waals surface area contributed by atoms with E-state index in [0.29, 0.717) is 6.42 Å². The van der Waals surface area contributed by atoms with Crippen molar-refractivity contribution in [1.29, 1.82) is 0 Å². The van der Waals surface area contributed by atoms with E-state index in [1.165, 1.54) is 5.56 Å². The number of hydrogen-bond acceptors (Lipinski definition) is 3. The van der Waals surface area contributed by atoms with E-state index in [-0.39, 0.29) is 19.0 Å². The first-order chi connectivity index (χ1) is 8.66. The Balaban J connectivity index is 1.73. The van der Waals surface area contributed by atoms with Gasteiger partial charge in [0.25, 0.3) is 0 Å². The van der Waals surface area contributed by atoms with Crippen LogP contribution < -0.4 is 0 Å². The first-order valence-corrected chi connectivity index (χ1v) is 6.34. The van der Waals surface area contributed by atoms with Crippen LogP contribution in [-0.2, 0) is 11.2 Å². The summed E-state index contributed by atoms with van der Waals surface area (Å²) in [7, 11) is 0. The molecule has 2 N–H and O–H groups in total. The molecule has 0 unspecified atom stereocenters. The molecule has 0 aromatic heterocycles. The molecule has 1 aromatic carbocycles. The van der Waals surface area contributed by atoms with Gasteiger partial charge < -0.3 is 15.1 Å². The Kier molecular flexibility index (Phi) is 4.33. The molecule has 18 heavy (non-hydrogen) atoms. The van der Waals surface area contributed by atoms with Gasteiger partial charge in [0, 0.05) is 19.5 Å². The van der Waals surface area contributed by atoms with Gasteiger partial charge in [-0.25, -0.2) is 0 Å². The fourth-order valence-electron chi connectivity index (χ4n) is 2.22. The van der Waals surface area contributed by atoms with Crippen LogP contribution in [0.1, 0.15) is 18.4 Å².